The molecule has 1 atom stereocenters. The number of nitrogens with zero attached hydrogens (tertiary/aromatic N) is 1. The highest BCUT2D eigenvalue weighted by Gasteiger charge is 2.36. The van der Waals surface area contributed by atoms with Crippen LogP contribution in [-0.2, 0) is 9.53 Å². The zero-order chi connectivity index (χ0) is 23.3. The van der Waals surface area contributed by atoms with Crippen LogP contribution in [0.4, 0.5) is 10.5 Å². The van der Waals surface area contributed by atoms with Crippen LogP contribution in [0.15, 0.2) is 58.3 Å². The van der Waals surface area contributed by atoms with E-state index >= 15 is 0 Å². The first kappa shape index (κ1) is 23.1. The van der Waals surface area contributed by atoms with Gasteiger partial charge in [0.05, 0.1) is 24.5 Å². The van der Waals surface area contributed by atoms with Gasteiger partial charge in [0.1, 0.15) is 0 Å². The molecule has 0 bridgehead atoms. The van der Waals surface area contributed by atoms with E-state index < -0.39 is 17.9 Å². The maximum absolute atomic E-state index is 13.0. The van der Waals surface area contributed by atoms with Crippen LogP contribution in [0.1, 0.15) is 56.3 Å². The van der Waals surface area contributed by atoms with Gasteiger partial charge in [0.2, 0.25) is 0 Å². The number of urea groups is 1. The Morgan fingerprint density at radius 1 is 1.25 bits per heavy atom. The predicted octanol–water partition coefficient (Wildman–Crippen LogP) is 4.48. The highest BCUT2D eigenvalue weighted by molar-refractivity contribution is 6.02. The Balaban J connectivity index is 1.93. The molecule has 170 valence electrons. The van der Waals surface area contributed by atoms with Crippen LogP contribution in [0, 0.1) is 5.92 Å². The summed E-state index contributed by atoms with van der Waals surface area (Å²) in [5.41, 5.74) is 2.12. The third-order valence-corrected chi connectivity index (χ3v) is 5.03. The van der Waals surface area contributed by atoms with E-state index in [2.05, 4.69) is 10.6 Å². The minimum absolute atomic E-state index is 0.184. The van der Waals surface area contributed by atoms with Gasteiger partial charge in [-0.05, 0) is 49.1 Å². The molecule has 0 radical (unpaired) electrons. The van der Waals surface area contributed by atoms with Crippen LogP contribution >= 0.6 is 0 Å². The number of esters is 1. The Hall–Kier alpha value is -3.55. The van der Waals surface area contributed by atoms with E-state index in [9.17, 15) is 14.4 Å². The fourth-order valence-electron chi connectivity index (χ4n) is 3.51. The lowest BCUT2D eigenvalue weighted by atomic mass is 9.94. The second-order valence-electron chi connectivity index (χ2n) is 8.08. The Bertz CT molecular complexity index is 1010. The summed E-state index contributed by atoms with van der Waals surface area (Å²) >= 11 is 0. The first-order chi connectivity index (χ1) is 15.3. The first-order valence-electron chi connectivity index (χ1n) is 10.7. The van der Waals surface area contributed by atoms with Gasteiger partial charge in [-0.1, -0.05) is 32.9 Å². The van der Waals surface area contributed by atoms with Crippen molar-refractivity contribution in [2.24, 2.45) is 5.92 Å². The van der Waals surface area contributed by atoms with Crippen LogP contribution in [0.25, 0.3) is 0 Å². The number of furan rings is 1. The number of benzene rings is 1. The number of ether oxygens (including phenoxy) is 1. The number of carbonyl (C=O) groups is 3. The fraction of sp³-hybridized carbons (Fsp3) is 0.375. The molecule has 1 aliphatic rings. The molecular weight excluding hydrogens is 410 g/mol. The number of nitrogens with one attached hydrogen (secondary N) is 2. The summed E-state index contributed by atoms with van der Waals surface area (Å²) in [5.74, 6) is -0.488. The van der Waals surface area contributed by atoms with Crippen LogP contribution in [0.2, 0.25) is 0 Å². The Morgan fingerprint density at radius 3 is 2.69 bits per heavy atom. The summed E-state index contributed by atoms with van der Waals surface area (Å²) in [5, 5.41) is 5.69. The minimum Gasteiger partial charge on any atom is -0.462 e. The third kappa shape index (κ3) is 5.19. The predicted molar refractivity (Wildman–Crippen MR) is 120 cm³/mol. The minimum atomic E-state index is -0.698. The zero-order valence-electron chi connectivity index (χ0n) is 18.8. The molecule has 1 aliphatic heterocycles. The second kappa shape index (κ2) is 10.2. The zero-order valence-corrected chi connectivity index (χ0v) is 18.8. The summed E-state index contributed by atoms with van der Waals surface area (Å²) < 4.78 is 10.6. The molecule has 3 rings (SSSR count). The molecule has 0 saturated heterocycles. The van der Waals surface area contributed by atoms with Crippen molar-refractivity contribution in [3.8, 4) is 0 Å². The lowest BCUT2D eigenvalue weighted by Gasteiger charge is -2.35. The van der Waals surface area contributed by atoms with Crippen molar-refractivity contribution in [2.45, 2.75) is 40.2 Å². The number of amides is 3. The van der Waals surface area contributed by atoms with Crippen molar-refractivity contribution in [1.82, 2.24) is 10.2 Å². The van der Waals surface area contributed by atoms with Gasteiger partial charge in [0.15, 0.2) is 5.76 Å². The van der Waals surface area contributed by atoms with Gasteiger partial charge in [-0.3, -0.25) is 9.69 Å². The molecule has 32 heavy (non-hydrogen) atoms. The molecule has 2 heterocycles. The number of hydrogen-bond donors (Lipinski definition) is 2. The SMILES string of the molecule is CCCN1C(=O)NC(c2cccc(NC(=O)c3ccco3)c2)C(C(=O)OCC(C)C)=C1C. The van der Waals surface area contributed by atoms with Crippen molar-refractivity contribution >= 4 is 23.6 Å². The molecule has 0 spiro atoms. The summed E-state index contributed by atoms with van der Waals surface area (Å²) in [6, 6.07) is 9.23. The molecule has 2 aromatic rings. The maximum atomic E-state index is 13.0. The quantitative estimate of drug-likeness (QED) is 0.591. The lowest BCUT2D eigenvalue weighted by Crippen LogP contribution is -2.48. The van der Waals surface area contributed by atoms with Crippen LogP contribution < -0.4 is 10.6 Å². The van der Waals surface area contributed by atoms with Gasteiger partial charge in [0, 0.05) is 17.9 Å². The van der Waals surface area contributed by atoms with Gasteiger partial charge >= 0.3 is 12.0 Å². The molecule has 1 unspecified atom stereocenters. The van der Waals surface area contributed by atoms with Gasteiger partial charge < -0.3 is 19.8 Å². The highest BCUT2D eigenvalue weighted by atomic mass is 16.5. The van der Waals surface area contributed by atoms with E-state index in [-0.39, 0.29) is 24.3 Å². The number of allylic oxidation sites excluding steroid dienone is 1. The summed E-state index contributed by atoms with van der Waals surface area (Å²) in [7, 11) is 0. The topological polar surface area (TPSA) is 101 Å². The van der Waals surface area contributed by atoms with E-state index in [1.165, 1.54) is 6.26 Å². The van der Waals surface area contributed by atoms with E-state index in [0.29, 0.717) is 29.1 Å². The largest absolute Gasteiger partial charge is 0.462 e. The maximum Gasteiger partial charge on any atom is 0.338 e. The van der Waals surface area contributed by atoms with Crippen LogP contribution in [-0.4, -0.2) is 36.0 Å². The van der Waals surface area contributed by atoms with Gasteiger partial charge in [0.25, 0.3) is 5.91 Å². The summed E-state index contributed by atoms with van der Waals surface area (Å²) in [4.78, 5) is 39.7. The first-order valence-corrected chi connectivity index (χ1v) is 10.7. The Morgan fingerprint density at radius 2 is 2.03 bits per heavy atom. The van der Waals surface area contributed by atoms with Crippen molar-refractivity contribution in [3.05, 3.63) is 65.3 Å². The van der Waals surface area contributed by atoms with Crippen LogP contribution in [0.3, 0.4) is 0 Å². The van der Waals surface area contributed by atoms with Gasteiger partial charge in [-0.2, -0.15) is 0 Å². The molecular formula is C24H29N3O5. The Labute approximate surface area is 187 Å². The van der Waals surface area contributed by atoms with Crippen molar-refractivity contribution in [1.29, 1.82) is 0 Å². The molecule has 0 fully saturated rings. The lowest BCUT2D eigenvalue weighted by molar-refractivity contribution is -0.140. The standard InChI is InChI=1S/C24H29N3O5/c1-5-11-27-16(4)20(23(29)32-14-15(2)3)21(26-24(27)30)17-8-6-9-18(13-17)25-22(28)19-10-7-12-31-19/h6-10,12-13,15,21H,5,11,14H2,1-4H3,(H,25,28)(H,26,30). The van der Waals surface area contributed by atoms with Crippen LogP contribution in [0.5, 0.6) is 0 Å². The molecule has 1 aromatic heterocycles. The van der Waals surface area contributed by atoms with Crippen molar-refractivity contribution < 1.29 is 23.5 Å². The molecule has 0 aliphatic carbocycles. The van der Waals surface area contributed by atoms with E-state index in [4.69, 9.17) is 9.15 Å². The number of rotatable bonds is 8. The second-order valence-corrected chi connectivity index (χ2v) is 8.08. The van der Waals surface area contributed by atoms with E-state index in [1.807, 2.05) is 20.8 Å². The molecule has 2 N–H and O–H groups in total. The average molecular weight is 440 g/mol. The average Bonchev–Trinajstić information content (AvgIpc) is 3.30. The van der Waals surface area contributed by atoms with Crippen molar-refractivity contribution in [2.75, 3.05) is 18.5 Å². The molecule has 8 nitrogen and oxygen atoms in total. The van der Waals surface area contributed by atoms with E-state index in [1.54, 1.807) is 48.2 Å². The number of carbonyl (C=O) groups excluding carboxylic acids is 3. The third-order valence-electron chi connectivity index (χ3n) is 5.03. The Kier molecular flexibility index (Phi) is 7.35. The van der Waals surface area contributed by atoms with Crippen molar-refractivity contribution in [3.63, 3.8) is 0 Å². The number of hydrogen-bond acceptors (Lipinski definition) is 5. The van der Waals surface area contributed by atoms with E-state index in [0.717, 1.165) is 6.42 Å². The smallest absolute Gasteiger partial charge is 0.338 e. The monoisotopic (exact) mass is 439 g/mol. The molecule has 0 saturated carbocycles. The number of anilines is 1. The molecule has 3 amide bonds. The van der Waals surface area contributed by atoms with Gasteiger partial charge in [-0.25, -0.2) is 9.59 Å². The summed E-state index contributed by atoms with van der Waals surface area (Å²) in [6.07, 6.45) is 2.17. The molecule has 1 aromatic carbocycles. The molecule has 8 heteroatoms. The van der Waals surface area contributed by atoms with Gasteiger partial charge in [-0.15, -0.1) is 0 Å². The fourth-order valence-corrected chi connectivity index (χ4v) is 3.51. The highest BCUT2D eigenvalue weighted by Crippen LogP contribution is 2.32. The summed E-state index contributed by atoms with van der Waals surface area (Å²) in [6.45, 7) is 8.42. The normalized spacial score (nSPS) is 16.2.